The van der Waals surface area contributed by atoms with E-state index in [4.69, 9.17) is 5.73 Å². The molecule has 2 rings (SSSR count). The van der Waals surface area contributed by atoms with Gasteiger partial charge in [0.1, 0.15) is 0 Å². The second-order valence-corrected chi connectivity index (χ2v) is 6.28. The Morgan fingerprint density at radius 2 is 1.67 bits per heavy atom. The van der Waals surface area contributed by atoms with Gasteiger partial charge in [-0.1, -0.05) is 0 Å². The molecule has 0 aliphatic heterocycles. The molecule has 0 aromatic carbocycles. The van der Waals surface area contributed by atoms with Crippen molar-refractivity contribution in [3.63, 3.8) is 0 Å². The third-order valence-corrected chi connectivity index (χ3v) is 5.09. The summed E-state index contributed by atoms with van der Waals surface area (Å²) < 4.78 is 0. The van der Waals surface area contributed by atoms with Crippen molar-refractivity contribution < 1.29 is 0 Å². The average molecular weight is 228 g/mol. The lowest BCUT2D eigenvalue weighted by Crippen LogP contribution is -2.40. The van der Waals surface area contributed by atoms with E-state index in [1.165, 1.54) is 44.9 Å². The van der Waals surface area contributed by atoms with Gasteiger partial charge in [-0.3, -0.25) is 0 Å². The summed E-state index contributed by atoms with van der Waals surface area (Å²) in [5, 5.41) is 4.73. The highest BCUT2D eigenvalue weighted by molar-refractivity contribution is 7.99. The Hall–Kier alpha value is 0.270. The van der Waals surface area contributed by atoms with Crippen LogP contribution in [0.25, 0.3) is 0 Å². The fourth-order valence-electron chi connectivity index (χ4n) is 2.97. The highest BCUT2D eigenvalue weighted by Gasteiger charge is 2.26. The van der Waals surface area contributed by atoms with E-state index < -0.39 is 0 Å². The normalized spacial score (nSPS) is 42.0. The van der Waals surface area contributed by atoms with Crippen LogP contribution in [-0.2, 0) is 0 Å². The number of nitrogens with one attached hydrogen (secondary N) is 1. The molecule has 0 amide bonds. The van der Waals surface area contributed by atoms with Crippen molar-refractivity contribution in [2.24, 2.45) is 5.73 Å². The maximum absolute atomic E-state index is 5.93. The predicted molar refractivity (Wildman–Crippen MR) is 68.3 cm³/mol. The van der Waals surface area contributed by atoms with Gasteiger partial charge in [0, 0.05) is 23.4 Å². The molecular formula is C12H24N2S. The third kappa shape index (κ3) is 3.36. The Balaban J connectivity index is 1.68. The van der Waals surface area contributed by atoms with Crippen molar-refractivity contribution in [3.8, 4) is 0 Å². The molecule has 2 aliphatic carbocycles. The van der Waals surface area contributed by atoms with Gasteiger partial charge in [-0.2, -0.15) is 11.8 Å². The minimum absolute atomic E-state index is 0.463. The minimum atomic E-state index is 0.463. The Morgan fingerprint density at radius 1 is 1.00 bits per heavy atom. The summed E-state index contributed by atoms with van der Waals surface area (Å²) in [4.78, 5) is 0. The standard InChI is InChI=1S/C12H24N2S/c1-15-12-6-4-10(5-7-12)14-11-3-2-9(13)8-11/h9-12,14H,2-8,13H2,1H3. The van der Waals surface area contributed by atoms with Gasteiger partial charge in [-0.25, -0.2) is 0 Å². The maximum Gasteiger partial charge on any atom is 0.00849 e. The van der Waals surface area contributed by atoms with Crippen molar-refractivity contribution in [3.05, 3.63) is 0 Å². The van der Waals surface area contributed by atoms with Crippen LogP contribution in [-0.4, -0.2) is 29.6 Å². The zero-order valence-electron chi connectivity index (χ0n) is 9.74. The van der Waals surface area contributed by atoms with Crippen LogP contribution < -0.4 is 11.1 Å². The molecule has 0 aromatic heterocycles. The Kier molecular flexibility index (Phi) is 4.35. The zero-order chi connectivity index (χ0) is 10.7. The summed E-state index contributed by atoms with van der Waals surface area (Å²) in [6.45, 7) is 0. The second kappa shape index (κ2) is 5.55. The smallest absolute Gasteiger partial charge is 0.00849 e. The lowest BCUT2D eigenvalue weighted by atomic mass is 9.94. The summed E-state index contributed by atoms with van der Waals surface area (Å²) >= 11 is 2.04. The molecule has 2 aliphatic rings. The van der Waals surface area contributed by atoms with E-state index in [0.29, 0.717) is 6.04 Å². The molecule has 2 unspecified atom stereocenters. The van der Waals surface area contributed by atoms with Gasteiger partial charge in [0.15, 0.2) is 0 Å². The Morgan fingerprint density at radius 3 is 2.20 bits per heavy atom. The molecule has 2 nitrogen and oxygen atoms in total. The van der Waals surface area contributed by atoms with Crippen molar-refractivity contribution in [1.82, 2.24) is 5.32 Å². The minimum Gasteiger partial charge on any atom is -0.328 e. The van der Waals surface area contributed by atoms with Crippen LogP contribution in [0.3, 0.4) is 0 Å². The lowest BCUT2D eigenvalue weighted by molar-refractivity contribution is 0.341. The van der Waals surface area contributed by atoms with Gasteiger partial charge < -0.3 is 11.1 Å². The largest absolute Gasteiger partial charge is 0.328 e. The van der Waals surface area contributed by atoms with Crippen LogP contribution in [0, 0.1) is 0 Å². The third-order valence-electron chi connectivity index (χ3n) is 3.95. The SMILES string of the molecule is CSC1CCC(NC2CCC(N)C2)CC1. The van der Waals surface area contributed by atoms with Crippen molar-refractivity contribution in [2.75, 3.05) is 6.26 Å². The van der Waals surface area contributed by atoms with Gasteiger partial charge in [-0.15, -0.1) is 0 Å². The average Bonchev–Trinajstić information content (AvgIpc) is 2.65. The summed E-state index contributed by atoms with van der Waals surface area (Å²) in [6.07, 6.45) is 11.5. The van der Waals surface area contributed by atoms with Gasteiger partial charge in [0.05, 0.1) is 0 Å². The molecule has 0 bridgehead atoms. The fraction of sp³-hybridized carbons (Fsp3) is 1.00. The summed E-state index contributed by atoms with van der Waals surface area (Å²) in [6, 6.07) is 1.96. The molecule has 0 heterocycles. The first-order valence-electron chi connectivity index (χ1n) is 6.32. The molecule has 2 atom stereocenters. The molecule has 88 valence electrons. The highest BCUT2D eigenvalue weighted by atomic mass is 32.2. The molecule has 0 spiro atoms. The Labute approximate surface area is 97.8 Å². The summed E-state index contributed by atoms with van der Waals surface area (Å²) in [7, 11) is 0. The lowest BCUT2D eigenvalue weighted by Gasteiger charge is -2.30. The van der Waals surface area contributed by atoms with Gasteiger partial charge in [-0.05, 0) is 51.2 Å². The predicted octanol–water partition coefficient (Wildman–Crippen LogP) is 2.13. The van der Waals surface area contributed by atoms with Gasteiger partial charge in [0.2, 0.25) is 0 Å². The van der Waals surface area contributed by atoms with Crippen molar-refractivity contribution >= 4 is 11.8 Å². The number of hydrogen-bond donors (Lipinski definition) is 2. The van der Waals surface area contributed by atoms with Gasteiger partial charge >= 0.3 is 0 Å². The molecule has 3 heteroatoms. The highest BCUT2D eigenvalue weighted by Crippen LogP contribution is 2.28. The van der Waals surface area contributed by atoms with Crippen LogP contribution in [0.15, 0.2) is 0 Å². The van der Waals surface area contributed by atoms with E-state index in [1.54, 1.807) is 0 Å². The van der Waals surface area contributed by atoms with Gasteiger partial charge in [0.25, 0.3) is 0 Å². The van der Waals surface area contributed by atoms with E-state index in [-0.39, 0.29) is 0 Å². The molecule has 0 radical (unpaired) electrons. The van der Waals surface area contributed by atoms with Crippen LogP contribution in [0.2, 0.25) is 0 Å². The number of nitrogens with two attached hydrogens (primary N) is 1. The first-order chi connectivity index (χ1) is 7.28. The Bertz CT molecular complexity index is 190. The summed E-state index contributed by atoms with van der Waals surface area (Å²) in [5.74, 6) is 0. The number of thioether (sulfide) groups is 1. The van der Waals surface area contributed by atoms with Crippen LogP contribution in [0.5, 0.6) is 0 Å². The van der Waals surface area contributed by atoms with Crippen LogP contribution >= 0.6 is 11.8 Å². The fourth-order valence-corrected chi connectivity index (χ4v) is 3.71. The second-order valence-electron chi connectivity index (χ2n) is 5.15. The molecule has 3 N–H and O–H groups in total. The van der Waals surface area contributed by atoms with Crippen LogP contribution in [0.4, 0.5) is 0 Å². The molecule has 2 fully saturated rings. The summed E-state index contributed by atoms with van der Waals surface area (Å²) in [5.41, 5.74) is 5.93. The molecule has 15 heavy (non-hydrogen) atoms. The van der Waals surface area contributed by atoms with E-state index in [1.807, 2.05) is 11.8 Å². The molecule has 0 saturated heterocycles. The topological polar surface area (TPSA) is 38.0 Å². The van der Waals surface area contributed by atoms with Crippen molar-refractivity contribution in [1.29, 1.82) is 0 Å². The molecule has 0 aromatic rings. The van der Waals surface area contributed by atoms with E-state index in [0.717, 1.165) is 17.3 Å². The van der Waals surface area contributed by atoms with Crippen LogP contribution in [0.1, 0.15) is 44.9 Å². The zero-order valence-corrected chi connectivity index (χ0v) is 10.6. The van der Waals surface area contributed by atoms with E-state index >= 15 is 0 Å². The number of rotatable bonds is 3. The quantitative estimate of drug-likeness (QED) is 0.777. The number of hydrogen-bond acceptors (Lipinski definition) is 3. The first-order valence-corrected chi connectivity index (χ1v) is 7.61. The van der Waals surface area contributed by atoms with E-state index in [9.17, 15) is 0 Å². The molecular weight excluding hydrogens is 204 g/mol. The maximum atomic E-state index is 5.93. The van der Waals surface area contributed by atoms with E-state index in [2.05, 4.69) is 11.6 Å². The van der Waals surface area contributed by atoms with Crippen molar-refractivity contribution in [2.45, 2.75) is 68.3 Å². The molecule has 2 saturated carbocycles. The monoisotopic (exact) mass is 228 g/mol. The first kappa shape index (κ1) is 11.7.